The van der Waals surface area contributed by atoms with Crippen molar-refractivity contribution < 1.29 is 0 Å². The number of hydrogen-bond acceptors (Lipinski definition) is 2. The van der Waals surface area contributed by atoms with Gasteiger partial charge in [0.1, 0.15) is 0 Å². The summed E-state index contributed by atoms with van der Waals surface area (Å²) < 4.78 is 0. The first-order valence-electron chi connectivity index (χ1n) is 5.51. The molecule has 0 aliphatic heterocycles. The molecule has 0 saturated heterocycles. The Kier molecular flexibility index (Phi) is 4.49. The lowest BCUT2D eigenvalue weighted by Gasteiger charge is -2.05. The van der Waals surface area contributed by atoms with Crippen LogP contribution in [-0.4, -0.2) is 6.54 Å². The van der Waals surface area contributed by atoms with Crippen molar-refractivity contribution in [2.24, 2.45) is 5.73 Å². The fourth-order valence-electron chi connectivity index (χ4n) is 1.55. The maximum absolute atomic E-state index is 6.12. The van der Waals surface area contributed by atoms with Crippen molar-refractivity contribution in [2.45, 2.75) is 16.2 Å². The van der Waals surface area contributed by atoms with Gasteiger partial charge in [0.2, 0.25) is 0 Å². The molecule has 2 rings (SSSR count). The van der Waals surface area contributed by atoms with E-state index in [-0.39, 0.29) is 0 Å². The van der Waals surface area contributed by atoms with Crippen LogP contribution in [0.5, 0.6) is 0 Å². The maximum Gasteiger partial charge on any atom is 0.0545 e. The third kappa shape index (κ3) is 3.50. The summed E-state index contributed by atoms with van der Waals surface area (Å²) in [5.41, 5.74) is 6.79. The highest BCUT2D eigenvalue weighted by Gasteiger charge is 2.01. The van der Waals surface area contributed by atoms with E-state index in [1.165, 1.54) is 10.5 Å². The Hall–Kier alpha value is -0.960. The fourth-order valence-corrected chi connectivity index (χ4v) is 2.64. The van der Waals surface area contributed by atoms with E-state index >= 15 is 0 Å². The molecule has 0 radical (unpaired) electrons. The smallest absolute Gasteiger partial charge is 0.0545 e. The molecule has 0 saturated carbocycles. The SMILES string of the molecule is NCCc1ccc(Sc2ccccc2Cl)cc1. The Morgan fingerprint density at radius 3 is 2.35 bits per heavy atom. The second kappa shape index (κ2) is 6.10. The lowest BCUT2D eigenvalue weighted by atomic mass is 10.2. The molecule has 2 aromatic rings. The van der Waals surface area contributed by atoms with Gasteiger partial charge in [-0.2, -0.15) is 0 Å². The summed E-state index contributed by atoms with van der Waals surface area (Å²) in [6, 6.07) is 16.3. The summed E-state index contributed by atoms with van der Waals surface area (Å²) >= 11 is 7.80. The molecular formula is C14H14ClNS. The average Bonchev–Trinajstić information content (AvgIpc) is 2.35. The van der Waals surface area contributed by atoms with E-state index < -0.39 is 0 Å². The van der Waals surface area contributed by atoms with Crippen LogP contribution < -0.4 is 5.73 Å². The highest BCUT2D eigenvalue weighted by Crippen LogP contribution is 2.32. The molecule has 0 spiro atoms. The third-order valence-corrected chi connectivity index (χ3v) is 3.95. The van der Waals surface area contributed by atoms with Gasteiger partial charge in [-0.25, -0.2) is 0 Å². The van der Waals surface area contributed by atoms with Gasteiger partial charge in [0.15, 0.2) is 0 Å². The van der Waals surface area contributed by atoms with E-state index in [0.29, 0.717) is 6.54 Å². The summed E-state index contributed by atoms with van der Waals surface area (Å²) in [6.45, 7) is 0.691. The van der Waals surface area contributed by atoms with Gasteiger partial charge < -0.3 is 5.73 Å². The minimum Gasteiger partial charge on any atom is -0.330 e. The minimum absolute atomic E-state index is 0.691. The average molecular weight is 264 g/mol. The second-order valence-corrected chi connectivity index (χ2v) is 5.24. The van der Waals surface area contributed by atoms with Gasteiger partial charge in [-0.15, -0.1) is 0 Å². The first-order valence-corrected chi connectivity index (χ1v) is 6.70. The van der Waals surface area contributed by atoms with Crippen LogP contribution in [-0.2, 0) is 6.42 Å². The lowest BCUT2D eigenvalue weighted by molar-refractivity contribution is 0.966. The molecule has 0 aromatic heterocycles. The molecule has 0 bridgehead atoms. The van der Waals surface area contributed by atoms with E-state index in [9.17, 15) is 0 Å². The van der Waals surface area contributed by atoms with E-state index in [0.717, 1.165) is 16.3 Å². The van der Waals surface area contributed by atoms with Crippen LogP contribution in [0.3, 0.4) is 0 Å². The fraction of sp³-hybridized carbons (Fsp3) is 0.143. The van der Waals surface area contributed by atoms with Crippen LogP contribution in [0.1, 0.15) is 5.56 Å². The van der Waals surface area contributed by atoms with E-state index in [1.807, 2.05) is 24.3 Å². The number of nitrogens with two attached hydrogens (primary N) is 1. The van der Waals surface area contributed by atoms with Gasteiger partial charge in [-0.05, 0) is 42.8 Å². The van der Waals surface area contributed by atoms with Gasteiger partial charge in [0.05, 0.1) is 5.02 Å². The quantitative estimate of drug-likeness (QED) is 0.903. The normalized spacial score (nSPS) is 10.5. The van der Waals surface area contributed by atoms with Crippen molar-refractivity contribution in [1.82, 2.24) is 0 Å². The maximum atomic E-state index is 6.12. The molecule has 0 atom stereocenters. The number of hydrogen-bond donors (Lipinski definition) is 1. The number of halogens is 1. The molecule has 88 valence electrons. The number of rotatable bonds is 4. The van der Waals surface area contributed by atoms with Crippen LogP contribution in [0.2, 0.25) is 5.02 Å². The van der Waals surface area contributed by atoms with Crippen molar-refractivity contribution in [3.05, 3.63) is 59.1 Å². The van der Waals surface area contributed by atoms with Crippen molar-refractivity contribution in [3.8, 4) is 0 Å². The first-order chi connectivity index (χ1) is 8.29. The summed E-state index contributed by atoms with van der Waals surface area (Å²) in [5.74, 6) is 0. The highest BCUT2D eigenvalue weighted by atomic mass is 35.5. The molecule has 2 N–H and O–H groups in total. The molecule has 0 fully saturated rings. The zero-order valence-corrected chi connectivity index (χ0v) is 11.0. The van der Waals surface area contributed by atoms with Gasteiger partial charge in [-0.1, -0.05) is 47.6 Å². The second-order valence-electron chi connectivity index (χ2n) is 3.72. The first kappa shape index (κ1) is 12.5. The molecule has 17 heavy (non-hydrogen) atoms. The van der Waals surface area contributed by atoms with Crippen molar-refractivity contribution in [1.29, 1.82) is 0 Å². The van der Waals surface area contributed by atoms with Crippen LogP contribution in [0.25, 0.3) is 0 Å². The van der Waals surface area contributed by atoms with E-state index in [4.69, 9.17) is 17.3 Å². The molecule has 2 aromatic carbocycles. The van der Waals surface area contributed by atoms with Crippen LogP contribution in [0.4, 0.5) is 0 Å². The van der Waals surface area contributed by atoms with E-state index in [1.54, 1.807) is 11.8 Å². The van der Waals surface area contributed by atoms with Crippen LogP contribution >= 0.6 is 23.4 Å². The molecule has 0 aliphatic carbocycles. The topological polar surface area (TPSA) is 26.0 Å². The van der Waals surface area contributed by atoms with Crippen molar-refractivity contribution in [3.63, 3.8) is 0 Å². The summed E-state index contributed by atoms with van der Waals surface area (Å²) in [4.78, 5) is 2.28. The standard InChI is InChI=1S/C14H14ClNS/c15-13-3-1-2-4-14(13)17-12-7-5-11(6-8-12)9-10-16/h1-8H,9-10,16H2. The molecule has 0 heterocycles. The van der Waals surface area contributed by atoms with E-state index in [2.05, 4.69) is 24.3 Å². The highest BCUT2D eigenvalue weighted by molar-refractivity contribution is 7.99. The van der Waals surface area contributed by atoms with Gasteiger partial charge >= 0.3 is 0 Å². The Bertz CT molecular complexity index is 482. The largest absolute Gasteiger partial charge is 0.330 e. The zero-order chi connectivity index (χ0) is 12.1. The number of benzene rings is 2. The summed E-state index contributed by atoms with van der Waals surface area (Å²) in [7, 11) is 0. The predicted octanol–water partition coefficient (Wildman–Crippen LogP) is 3.99. The summed E-state index contributed by atoms with van der Waals surface area (Å²) in [6.07, 6.45) is 0.928. The Morgan fingerprint density at radius 1 is 1.00 bits per heavy atom. The van der Waals surface area contributed by atoms with Crippen LogP contribution in [0.15, 0.2) is 58.3 Å². The van der Waals surface area contributed by atoms with Crippen molar-refractivity contribution >= 4 is 23.4 Å². The summed E-state index contributed by atoms with van der Waals surface area (Å²) in [5, 5.41) is 0.795. The molecule has 0 amide bonds. The monoisotopic (exact) mass is 263 g/mol. The van der Waals surface area contributed by atoms with Gasteiger partial charge in [0, 0.05) is 9.79 Å². The lowest BCUT2D eigenvalue weighted by Crippen LogP contribution is -2.02. The Morgan fingerprint density at radius 2 is 1.71 bits per heavy atom. The van der Waals surface area contributed by atoms with Crippen LogP contribution in [0, 0.1) is 0 Å². The van der Waals surface area contributed by atoms with Crippen molar-refractivity contribution in [2.75, 3.05) is 6.54 Å². The third-order valence-electron chi connectivity index (χ3n) is 2.42. The molecule has 0 aliphatic rings. The zero-order valence-electron chi connectivity index (χ0n) is 9.40. The molecule has 1 nitrogen and oxygen atoms in total. The van der Waals surface area contributed by atoms with Gasteiger partial charge in [0.25, 0.3) is 0 Å². The minimum atomic E-state index is 0.691. The Balaban J connectivity index is 2.11. The molecular weight excluding hydrogens is 250 g/mol. The predicted molar refractivity (Wildman–Crippen MR) is 74.8 cm³/mol. The Labute approximate surface area is 111 Å². The molecule has 3 heteroatoms. The van der Waals surface area contributed by atoms with Gasteiger partial charge in [-0.3, -0.25) is 0 Å². The molecule has 0 unspecified atom stereocenters.